The predicted octanol–water partition coefficient (Wildman–Crippen LogP) is 3.90. The first-order chi connectivity index (χ1) is 9.76. The third-order valence-corrected chi connectivity index (χ3v) is 4.06. The zero-order valence-electron chi connectivity index (χ0n) is 11.5. The molecule has 0 atom stereocenters. The summed E-state index contributed by atoms with van der Waals surface area (Å²) in [6.45, 7) is 2.30. The standard InChI is InChI=1S/C16H17N3O/c1-11-5-7-13(8-6-11)15-18-16(20-19-15)14-4-2-3-12(9-14)10-17/h2-4,9,11,13H,5-8H2,1H3. The molecule has 1 heterocycles. The van der Waals surface area contributed by atoms with Crippen LogP contribution in [-0.2, 0) is 0 Å². The van der Waals surface area contributed by atoms with Crippen LogP contribution in [0, 0.1) is 17.2 Å². The van der Waals surface area contributed by atoms with E-state index in [1.807, 2.05) is 12.1 Å². The van der Waals surface area contributed by atoms with Crippen LogP contribution in [0.15, 0.2) is 28.8 Å². The van der Waals surface area contributed by atoms with Gasteiger partial charge in [0.1, 0.15) is 0 Å². The second-order valence-corrected chi connectivity index (χ2v) is 5.61. The second kappa shape index (κ2) is 5.46. The molecule has 1 fully saturated rings. The van der Waals surface area contributed by atoms with E-state index in [9.17, 15) is 0 Å². The maximum Gasteiger partial charge on any atom is 0.257 e. The van der Waals surface area contributed by atoms with E-state index in [1.54, 1.807) is 12.1 Å². The van der Waals surface area contributed by atoms with Crippen LogP contribution in [-0.4, -0.2) is 10.1 Å². The number of hydrogen-bond acceptors (Lipinski definition) is 4. The van der Waals surface area contributed by atoms with E-state index in [0.717, 1.165) is 30.1 Å². The van der Waals surface area contributed by atoms with E-state index in [-0.39, 0.29) is 0 Å². The van der Waals surface area contributed by atoms with Gasteiger partial charge < -0.3 is 4.52 Å². The first-order valence-electron chi connectivity index (χ1n) is 7.10. The lowest BCUT2D eigenvalue weighted by Crippen LogP contribution is -2.11. The molecule has 0 spiro atoms. The van der Waals surface area contributed by atoms with E-state index < -0.39 is 0 Å². The molecular formula is C16H17N3O. The van der Waals surface area contributed by atoms with Gasteiger partial charge in [-0.25, -0.2) is 0 Å². The fourth-order valence-electron chi connectivity index (χ4n) is 2.76. The predicted molar refractivity (Wildman–Crippen MR) is 74.8 cm³/mol. The van der Waals surface area contributed by atoms with Gasteiger partial charge >= 0.3 is 0 Å². The molecule has 0 saturated heterocycles. The Bertz CT molecular complexity index is 633. The third-order valence-electron chi connectivity index (χ3n) is 4.06. The fraction of sp³-hybridized carbons (Fsp3) is 0.438. The van der Waals surface area contributed by atoms with Gasteiger partial charge in [0.2, 0.25) is 0 Å². The minimum absolute atomic E-state index is 0.419. The van der Waals surface area contributed by atoms with Crippen molar-refractivity contribution in [2.75, 3.05) is 0 Å². The van der Waals surface area contributed by atoms with E-state index >= 15 is 0 Å². The van der Waals surface area contributed by atoms with Crippen molar-refractivity contribution in [2.24, 2.45) is 5.92 Å². The van der Waals surface area contributed by atoms with Gasteiger partial charge in [-0.05, 0) is 37.0 Å². The average Bonchev–Trinajstić information content (AvgIpc) is 2.98. The second-order valence-electron chi connectivity index (χ2n) is 5.61. The van der Waals surface area contributed by atoms with E-state index in [0.29, 0.717) is 17.4 Å². The Hall–Kier alpha value is -2.15. The van der Waals surface area contributed by atoms with Crippen molar-refractivity contribution < 1.29 is 4.52 Å². The number of benzene rings is 1. The van der Waals surface area contributed by atoms with Crippen LogP contribution in [0.1, 0.15) is 49.9 Å². The van der Waals surface area contributed by atoms with Gasteiger partial charge in [-0.2, -0.15) is 10.2 Å². The molecule has 0 bridgehead atoms. The summed E-state index contributed by atoms with van der Waals surface area (Å²) >= 11 is 0. The molecule has 4 nitrogen and oxygen atoms in total. The summed E-state index contributed by atoms with van der Waals surface area (Å²) in [6, 6.07) is 9.39. The van der Waals surface area contributed by atoms with Crippen LogP contribution in [0.5, 0.6) is 0 Å². The van der Waals surface area contributed by atoms with Gasteiger partial charge in [0.05, 0.1) is 11.6 Å². The van der Waals surface area contributed by atoms with Gasteiger partial charge in [0, 0.05) is 11.5 Å². The molecule has 1 aliphatic rings. The number of hydrogen-bond donors (Lipinski definition) is 0. The Balaban J connectivity index is 1.81. The van der Waals surface area contributed by atoms with Crippen LogP contribution in [0.2, 0.25) is 0 Å². The van der Waals surface area contributed by atoms with Gasteiger partial charge in [0.25, 0.3) is 5.89 Å². The highest BCUT2D eigenvalue weighted by atomic mass is 16.5. The van der Waals surface area contributed by atoms with E-state index in [1.165, 1.54) is 12.8 Å². The normalized spacial score (nSPS) is 22.4. The smallest absolute Gasteiger partial charge is 0.257 e. The highest BCUT2D eigenvalue weighted by Gasteiger charge is 2.24. The molecule has 0 N–H and O–H groups in total. The molecule has 0 unspecified atom stereocenters. The average molecular weight is 267 g/mol. The van der Waals surface area contributed by atoms with Gasteiger partial charge in [-0.15, -0.1) is 0 Å². The van der Waals surface area contributed by atoms with Gasteiger partial charge in [-0.1, -0.05) is 31.0 Å². The summed E-state index contributed by atoms with van der Waals surface area (Å²) < 4.78 is 5.36. The van der Waals surface area contributed by atoms with Crippen molar-refractivity contribution in [2.45, 2.75) is 38.5 Å². The first kappa shape index (κ1) is 12.9. The van der Waals surface area contributed by atoms with Crippen molar-refractivity contribution in [3.63, 3.8) is 0 Å². The van der Waals surface area contributed by atoms with Gasteiger partial charge in [0.15, 0.2) is 5.82 Å². The lowest BCUT2D eigenvalue weighted by Gasteiger charge is -2.23. The SMILES string of the molecule is CC1CCC(c2noc(-c3cccc(C#N)c3)n2)CC1. The van der Waals surface area contributed by atoms with E-state index in [4.69, 9.17) is 9.78 Å². The van der Waals surface area contributed by atoms with Crippen molar-refractivity contribution in [3.05, 3.63) is 35.7 Å². The van der Waals surface area contributed by atoms with Crippen molar-refractivity contribution in [3.8, 4) is 17.5 Å². The first-order valence-corrected chi connectivity index (χ1v) is 7.10. The molecule has 1 aromatic carbocycles. The summed E-state index contributed by atoms with van der Waals surface area (Å²) in [7, 11) is 0. The lowest BCUT2D eigenvalue weighted by molar-refractivity contribution is 0.329. The van der Waals surface area contributed by atoms with Crippen LogP contribution >= 0.6 is 0 Å². The number of rotatable bonds is 2. The minimum Gasteiger partial charge on any atom is -0.334 e. The highest BCUT2D eigenvalue weighted by Crippen LogP contribution is 2.34. The Kier molecular flexibility index (Phi) is 3.51. The van der Waals surface area contributed by atoms with Crippen molar-refractivity contribution in [1.82, 2.24) is 10.1 Å². The zero-order valence-corrected chi connectivity index (χ0v) is 11.5. The maximum absolute atomic E-state index is 8.93. The third kappa shape index (κ3) is 2.57. The van der Waals surface area contributed by atoms with Crippen LogP contribution in [0.25, 0.3) is 11.5 Å². The molecule has 3 rings (SSSR count). The largest absolute Gasteiger partial charge is 0.334 e. The van der Waals surface area contributed by atoms with Crippen LogP contribution in [0.3, 0.4) is 0 Å². The quantitative estimate of drug-likeness (QED) is 0.827. The minimum atomic E-state index is 0.419. The summed E-state index contributed by atoms with van der Waals surface area (Å²) in [4.78, 5) is 4.52. The number of nitrogens with zero attached hydrogens (tertiary/aromatic N) is 3. The molecule has 2 aromatic rings. The molecule has 102 valence electrons. The summed E-state index contributed by atoms with van der Waals surface area (Å²) in [6.07, 6.45) is 4.74. The summed E-state index contributed by atoms with van der Waals surface area (Å²) in [5, 5.41) is 13.1. The highest BCUT2D eigenvalue weighted by molar-refractivity contribution is 5.56. The molecule has 20 heavy (non-hydrogen) atoms. The molecule has 0 amide bonds. The molecule has 1 aliphatic carbocycles. The number of nitriles is 1. The van der Waals surface area contributed by atoms with Crippen LogP contribution < -0.4 is 0 Å². The topological polar surface area (TPSA) is 62.7 Å². The van der Waals surface area contributed by atoms with Crippen molar-refractivity contribution >= 4 is 0 Å². The molecular weight excluding hydrogens is 250 g/mol. The molecule has 1 saturated carbocycles. The van der Waals surface area contributed by atoms with Crippen LogP contribution in [0.4, 0.5) is 0 Å². The molecule has 4 heteroatoms. The summed E-state index contributed by atoms with van der Waals surface area (Å²) in [5.74, 6) is 2.55. The van der Waals surface area contributed by atoms with Crippen molar-refractivity contribution in [1.29, 1.82) is 5.26 Å². The maximum atomic E-state index is 8.93. The van der Waals surface area contributed by atoms with Gasteiger partial charge in [-0.3, -0.25) is 0 Å². The zero-order chi connectivity index (χ0) is 13.9. The molecule has 0 radical (unpaired) electrons. The Morgan fingerprint density at radius 1 is 1.25 bits per heavy atom. The molecule has 1 aromatic heterocycles. The Morgan fingerprint density at radius 2 is 2.05 bits per heavy atom. The number of aromatic nitrogens is 2. The van der Waals surface area contributed by atoms with E-state index in [2.05, 4.69) is 23.1 Å². The monoisotopic (exact) mass is 267 g/mol. The summed E-state index contributed by atoms with van der Waals surface area (Å²) in [5.41, 5.74) is 1.42. The Morgan fingerprint density at radius 3 is 2.80 bits per heavy atom. The molecule has 0 aliphatic heterocycles. The fourth-order valence-corrected chi connectivity index (χ4v) is 2.76. The Labute approximate surface area is 118 Å². The lowest BCUT2D eigenvalue weighted by atomic mass is 9.83.